The first-order valence-electron chi connectivity index (χ1n) is 5.99. The molecule has 2 aromatic carbocycles. The van der Waals surface area contributed by atoms with Crippen LogP contribution < -0.4 is 5.32 Å². The maximum atomic E-state index is 13.2. The summed E-state index contributed by atoms with van der Waals surface area (Å²) < 4.78 is 13.7. The van der Waals surface area contributed by atoms with Crippen LogP contribution in [0.5, 0.6) is 0 Å². The Morgan fingerprint density at radius 2 is 1.95 bits per heavy atom. The summed E-state index contributed by atoms with van der Waals surface area (Å²) in [5, 5.41) is 2.37. The molecule has 0 aliphatic carbocycles. The van der Waals surface area contributed by atoms with Gasteiger partial charge in [-0.25, -0.2) is 4.39 Å². The van der Waals surface area contributed by atoms with Crippen LogP contribution in [0.1, 0.15) is 21.3 Å². The summed E-state index contributed by atoms with van der Waals surface area (Å²) in [5.74, 6) is -0.818. The Kier molecular flexibility index (Phi) is 5.15. The van der Waals surface area contributed by atoms with Crippen molar-refractivity contribution < 1.29 is 9.18 Å². The number of rotatable bonds is 4. The minimum absolute atomic E-state index is 0.258. The highest BCUT2D eigenvalue weighted by Gasteiger charge is 2.12. The van der Waals surface area contributed by atoms with E-state index in [2.05, 4.69) is 21.2 Å². The number of carbonyl (C=O) groups is 1. The van der Waals surface area contributed by atoms with Gasteiger partial charge in [0.2, 0.25) is 0 Å². The first-order chi connectivity index (χ1) is 9.56. The molecule has 0 aromatic heterocycles. The van der Waals surface area contributed by atoms with Crippen LogP contribution in [-0.4, -0.2) is 12.5 Å². The third kappa shape index (κ3) is 4.05. The van der Waals surface area contributed by atoms with Gasteiger partial charge in [0.1, 0.15) is 5.82 Å². The van der Waals surface area contributed by atoms with Crippen molar-refractivity contribution in [3.63, 3.8) is 0 Å². The summed E-state index contributed by atoms with van der Waals surface area (Å²) in [6, 6.07) is 13.5. The fourth-order valence-corrected chi connectivity index (χ4v) is 2.44. The van der Waals surface area contributed by atoms with E-state index in [0.717, 1.165) is 5.56 Å². The van der Waals surface area contributed by atoms with E-state index in [1.54, 1.807) is 6.07 Å². The van der Waals surface area contributed by atoms with E-state index < -0.39 is 5.82 Å². The summed E-state index contributed by atoms with van der Waals surface area (Å²) in [6.45, 7) is 0.276. The molecule has 0 heterocycles. The standard InChI is InChI=1S/C15H12BrClFNO/c16-12-6-11(7-13(18)8-12)15(20)19-9-14(17)10-4-2-1-3-5-10/h1-8,14H,9H2,(H,19,20). The minimum Gasteiger partial charge on any atom is -0.350 e. The molecular formula is C15H12BrClFNO. The lowest BCUT2D eigenvalue weighted by molar-refractivity contribution is 0.0953. The molecule has 2 rings (SSSR count). The van der Waals surface area contributed by atoms with Gasteiger partial charge in [-0.3, -0.25) is 4.79 Å². The normalized spacial score (nSPS) is 11.9. The molecule has 2 nitrogen and oxygen atoms in total. The molecule has 0 aliphatic rings. The molecule has 0 radical (unpaired) electrons. The maximum absolute atomic E-state index is 13.2. The van der Waals surface area contributed by atoms with E-state index in [9.17, 15) is 9.18 Å². The van der Waals surface area contributed by atoms with Crippen molar-refractivity contribution in [2.75, 3.05) is 6.54 Å². The second-order valence-corrected chi connectivity index (χ2v) is 5.69. The van der Waals surface area contributed by atoms with Crippen molar-refractivity contribution in [1.82, 2.24) is 5.32 Å². The Labute approximate surface area is 130 Å². The molecule has 1 N–H and O–H groups in total. The van der Waals surface area contributed by atoms with Crippen molar-refractivity contribution in [2.45, 2.75) is 5.38 Å². The van der Waals surface area contributed by atoms with Crippen LogP contribution in [0.25, 0.3) is 0 Å². The number of hydrogen-bond acceptors (Lipinski definition) is 1. The summed E-state index contributed by atoms with van der Waals surface area (Å²) in [7, 11) is 0. The largest absolute Gasteiger partial charge is 0.350 e. The highest BCUT2D eigenvalue weighted by Crippen LogP contribution is 2.19. The number of carbonyl (C=O) groups excluding carboxylic acids is 1. The smallest absolute Gasteiger partial charge is 0.251 e. The molecule has 0 aliphatic heterocycles. The lowest BCUT2D eigenvalue weighted by Gasteiger charge is -2.11. The molecule has 1 unspecified atom stereocenters. The average molecular weight is 357 g/mol. The molecule has 2 aromatic rings. The minimum atomic E-state index is -0.463. The van der Waals surface area contributed by atoms with Crippen LogP contribution in [0.3, 0.4) is 0 Å². The molecule has 104 valence electrons. The number of nitrogens with one attached hydrogen (secondary N) is 1. The van der Waals surface area contributed by atoms with Crippen LogP contribution >= 0.6 is 27.5 Å². The van der Waals surface area contributed by atoms with Gasteiger partial charge < -0.3 is 5.32 Å². The number of halogens is 3. The molecule has 0 bridgehead atoms. The molecule has 0 saturated carbocycles. The van der Waals surface area contributed by atoms with E-state index in [-0.39, 0.29) is 23.4 Å². The first-order valence-corrected chi connectivity index (χ1v) is 7.22. The maximum Gasteiger partial charge on any atom is 0.251 e. The van der Waals surface area contributed by atoms with Gasteiger partial charge in [0, 0.05) is 16.6 Å². The number of hydrogen-bond donors (Lipinski definition) is 1. The molecule has 0 saturated heterocycles. The van der Waals surface area contributed by atoms with E-state index in [1.807, 2.05) is 30.3 Å². The third-order valence-corrected chi connectivity index (χ3v) is 3.59. The van der Waals surface area contributed by atoms with Gasteiger partial charge in [0.25, 0.3) is 5.91 Å². The SMILES string of the molecule is O=C(NCC(Cl)c1ccccc1)c1cc(F)cc(Br)c1. The quantitative estimate of drug-likeness (QED) is 0.813. The van der Waals surface area contributed by atoms with Crippen molar-refractivity contribution in [3.8, 4) is 0 Å². The average Bonchev–Trinajstić information content (AvgIpc) is 2.44. The van der Waals surface area contributed by atoms with Gasteiger partial charge in [-0.15, -0.1) is 11.6 Å². The predicted octanol–water partition coefficient (Wildman–Crippen LogP) is 4.30. The second-order valence-electron chi connectivity index (χ2n) is 4.25. The van der Waals surface area contributed by atoms with Gasteiger partial charge >= 0.3 is 0 Å². The van der Waals surface area contributed by atoms with Gasteiger partial charge in [-0.2, -0.15) is 0 Å². The summed E-state index contributed by atoms with van der Waals surface area (Å²) in [6.07, 6.45) is 0. The Bertz CT molecular complexity index is 586. The van der Waals surface area contributed by atoms with Gasteiger partial charge in [0.15, 0.2) is 0 Å². The third-order valence-electron chi connectivity index (χ3n) is 2.73. The molecule has 20 heavy (non-hydrogen) atoms. The fraction of sp³-hybridized carbons (Fsp3) is 0.133. The van der Waals surface area contributed by atoms with Crippen molar-refractivity contribution >= 4 is 33.4 Å². The number of benzene rings is 2. The van der Waals surface area contributed by atoms with Crippen LogP contribution in [0.4, 0.5) is 4.39 Å². The van der Waals surface area contributed by atoms with Gasteiger partial charge in [-0.05, 0) is 23.8 Å². The van der Waals surface area contributed by atoms with Gasteiger partial charge in [-0.1, -0.05) is 46.3 Å². The lowest BCUT2D eigenvalue weighted by atomic mass is 10.1. The van der Waals surface area contributed by atoms with Crippen molar-refractivity contribution in [3.05, 3.63) is 69.9 Å². The molecular weight excluding hydrogens is 345 g/mol. The Balaban J connectivity index is 1.98. The van der Waals surface area contributed by atoms with Crippen LogP contribution in [0, 0.1) is 5.82 Å². The molecule has 0 fully saturated rings. The van der Waals surface area contributed by atoms with Crippen LogP contribution in [0.2, 0.25) is 0 Å². The Morgan fingerprint density at radius 3 is 2.60 bits per heavy atom. The zero-order chi connectivity index (χ0) is 14.5. The molecule has 1 atom stereocenters. The topological polar surface area (TPSA) is 29.1 Å². The summed E-state index contributed by atoms with van der Waals surface area (Å²) in [5.41, 5.74) is 1.18. The highest BCUT2D eigenvalue weighted by molar-refractivity contribution is 9.10. The monoisotopic (exact) mass is 355 g/mol. The number of alkyl halides is 1. The Hall–Kier alpha value is -1.39. The highest BCUT2D eigenvalue weighted by atomic mass is 79.9. The van der Waals surface area contributed by atoms with E-state index >= 15 is 0 Å². The number of amides is 1. The van der Waals surface area contributed by atoms with Crippen molar-refractivity contribution in [1.29, 1.82) is 0 Å². The van der Waals surface area contributed by atoms with Crippen molar-refractivity contribution in [2.24, 2.45) is 0 Å². The Morgan fingerprint density at radius 1 is 1.25 bits per heavy atom. The van der Waals surface area contributed by atoms with Crippen LogP contribution in [-0.2, 0) is 0 Å². The zero-order valence-electron chi connectivity index (χ0n) is 10.4. The van der Waals surface area contributed by atoms with Gasteiger partial charge in [0.05, 0.1) is 5.38 Å². The molecule has 5 heteroatoms. The molecule has 1 amide bonds. The second kappa shape index (κ2) is 6.86. The summed E-state index contributed by atoms with van der Waals surface area (Å²) >= 11 is 9.35. The van der Waals surface area contributed by atoms with E-state index in [0.29, 0.717) is 4.47 Å². The summed E-state index contributed by atoms with van der Waals surface area (Å²) in [4.78, 5) is 11.9. The van der Waals surface area contributed by atoms with E-state index in [4.69, 9.17) is 11.6 Å². The lowest BCUT2D eigenvalue weighted by Crippen LogP contribution is -2.27. The van der Waals surface area contributed by atoms with E-state index in [1.165, 1.54) is 12.1 Å². The zero-order valence-corrected chi connectivity index (χ0v) is 12.8. The first kappa shape index (κ1) is 15.0. The fourth-order valence-electron chi connectivity index (χ4n) is 1.75. The van der Waals surface area contributed by atoms with Crippen LogP contribution in [0.15, 0.2) is 53.0 Å². The molecule has 0 spiro atoms. The predicted molar refractivity (Wildman–Crippen MR) is 81.5 cm³/mol.